The maximum absolute atomic E-state index is 12.8. The number of amides is 2. The van der Waals surface area contributed by atoms with Gasteiger partial charge in [0.15, 0.2) is 11.5 Å². The molecule has 172 valence electrons. The molecule has 0 unspecified atom stereocenters. The lowest BCUT2D eigenvalue weighted by Crippen LogP contribution is -2.52. The van der Waals surface area contributed by atoms with Crippen LogP contribution < -0.4 is 14.8 Å². The Morgan fingerprint density at radius 3 is 1.94 bits per heavy atom. The molecule has 0 saturated carbocycles. The van der Waals surface area contributed by atoms with E-state index in [9.17, 15) is 4.79 Å². The zero-order chi connectivity index (χ0) is 23.0. The minimum atomic E-state index is -0.0413. The second-order valence-corrected chi connectivity index (χ2v) is 8.09. The molecule has 3 aromatic rings. The predicted molar refractivity (Wildman–Crippen MR) is 130 cm³/mol. The van der Waals surface area contributed by atoms with Gasteiger partial charge in [-0.3, -0.25) is 4.90 Å². The van der Waals surface area contributed by atoms with Gasteiger partial charge < -0.3 is 19.7 Å². The third kappa shape index (κ3) is 5.46. The Kier molecular flexibility index (Phi) is 7.47. The van der Waals surface area contributed by atoms with Gasteiger partial charge >= 0.3 is 6.03 Å². The third-order valence-electron chi connectivity index (χ3n) is 6.09. The molecular weight excluding hydrogens is 414 g/mol. The van der Waals surface area contributed by atoms with Crippen molar-refractivity contribution in [3.63, 3.8) is 0 Å². The van der Waals surface area contributed by atoms with Crippen molar-refractivity contribution in [3.8, 4) is 11.5 Å². The molecule has 1 aliphatic heterocycles. The predicted octanol–water partition coefficient (Wildman–Crippen LogP) is 4.32. The fourth-order valence-electron chi connectivity index (χ4n) is 4.35. The normalized spacial score (nSPS) is 14.2. The van der Waals surface area contributed by atoms with E-state index in [1.165, 1.54) is 11.1 Å². The molecule has 2 amide bonds. The van der Waals surface area contributed by atoms with Crippen molar-refractivity contribution >= 4 is 6.03 Å². The van der Waals surface area contributed by atoms with Crippen LogP contribution in [0.3, 0.4) is 0 Å². The first-order valence-corrected chi connectivity index (χ1v) is 11.3. The van der Waals surface area contributed by atoms with E-state index >= 15 is 0 Å². The molecule has 6 nitrogen and oxygen atoms in total. The molecule has 6 heteroatoms. The van der Waals surface area contributed by atoms with Crippen molar-refractivity contribution in [2.24, 2.45) is 0 Å². The lowest BCUT2D eigenvalue weighted by Gasteiger charge is -2.39. The van der Waals surface area contributed by atoms with Crippen LogP contribution in [0.2, 0.25) is 0 Å². The Morgan fingerprint density at radius 2 is 1.39 bits per heavy atom. The van der Waals surface area contributed by atoms with Gasteiger partial charge in [0.2, 0.25) is 0 Å². The zero-order valence-corrected chi connectivity index (χ0v) is 19.2. The number of urea groups is 1. The number of carbonyl (C=O) groups is 1. The highest BCUT2D eigenvalue weighted by molar-refractivity contribution is 5.74. The summed E-state index contributed by atoms with van der Waals surface area (Å²) in [5, 5.41) is 3.04. The summed E-state index contributed by atoms with van der Waals surface area (Å²) in [5.41, 5.74) is 3.51. The summed E-state index contributed by atoms with van der Waals surface area (Å²) in [6.07, 6.45) is 0. The van der Waals surface area contributed by atoms with Gasteiger partial charge in [-0.15, -0.1) is 0 Å². The maximum atomic E-state index is 12.8. The summed E-state index contributed by atoms with van der Waals surface area (Å²) < 4.78 is 10.6. The van der Waals surface area contributed by atoms with Gasteiger partial charge in [-0.2, -0.15) is 0 Å². The van der Waals surface area contributed by atoms with Gasteiger partial charge in [-0.25, -0.2) is 4.79 Å². The molecule has 1 N–H and O–H groups in total. The molecule has 0 bridgehead atoms. The van der Waals surface area contributed by atoms with Gasteiger partial charge in [0, 0.05) is 32.7 Å². The number of benzene rings is 3. The number of methoxy groups -OCH3 is 2. The maximum Gasteiger partial charge on any atom is 0.317 e. The molecule has 33 heavy (non-hydrogen) atoms. The van der Waals surface area contributed by atoms with Crippen LogP contribution in [-0.2, 0) is 6.54 Å². The molecule has 0 aromatic heterocycles. The van der Waals surface area contributed by atoms with E-state index in [0.29, 0.717) is 31.1 Å². The first kappa shape index (κ1) is 22.7. The largest absolute Gasteiger partial charge is 0.493 e. The molecular formula is C27H31N3O3. The summed E-state index contributed by atoms with van der Waals surface area (Å²) in [5.74, 6) is 1.33. The standard InChI is InChI=1S/C27H31N3O3/c1-32-24-14-13-21(19-25(24)33-2)20-28-27(31)30-17-15-29(16-18-30)26(22-9-5-3-6-10-22)23-11-7-4-8-12-23/h3-14,19,26H,15-18,20H2,1-2H3,(H,28,31). The third-order valence-corrected chi connectivity index (χ3v) is 6.09. The van der Waals surface area contributed by atoms with Crippen molar-refractivity contribution in [1.82, 2.24) is 15.1 Å². The first-order valence-electron chi connectivity index (χ1n) is 11.3. The molecule has 0 aliphatic carbocycles. The highest BCUT2D eigenvalue weighted by atomic mass is 16.5. The van der Waals surface area contributed by atoms with Crippen molar-refractivity contribution in [2.45, 2.75) is 12.6 Å². The van der Waals surface area contributed by atoms with E-state index in [2.05, 4.69) is 58.7 Å². The van der Waals surface area contributed by atoms with Gasteiger partial charge in [-0.1, -0.05) is 66.7 Å². The fourth-order valence-corrected chi connectivity index (χ4v) is 4.35. The summed E-state index contributed by atoms with van der Waals surface area (Å²) in [4.78, 5) is 17.2. The Labute approximate surface area is 195 Å². The molecule has 0 atom stereocenters. The SMILES string of the molecule is COc1ccc(CNC(=O)N2CCN(C(c3ccccc3)c3ccccc3)CC2)cc1OC. The van der Waals surface area contributed by atoms with E-state index < -0.39 is 0 Å². The van der Waals surface area contributed by atoms with Crippen LogP contribution in [0.25, 0.3) is 0 Å². The number of carbonyl (C=O) groups excluding carboxylic acids is 1. The Morgan fingerprint density at radius 1 is 0.818 bits per heavy atom. The van der Waals surface area contributed by atoms with Crippen LogP contribution >= 0.6 is 0 Å². The first-order chi connectivity index (χ1) is 16.2. The topological polar surface area (TPSA) is 54.0 Å². The van der Waals surface area contributed by atoms with E-state index in [0.717, 1.165) is 18.7 Å². The molecule has 1 fully saturated rings. The number of nitrogens with one attached hydrogen (secondary N) is 1. The average Bonchev–Trinajstić information content (AvgIpc) is 2.89. The van der Waals surface area contributed by atoms with Crippen molar-refractivity contribution in [1.29, 1.82) is 0 Å². The molecule has 0 spiro atoms. The number of nitrogens with zero attached hydrogens (tertiary/aromatic N) is 2. The average molecular weight is 446 g/mol. The van der Waals surface area contributed by atoms with Gasteiger partial charge in [0.25, 0.3) is 0 Å². The smallest absolute Gasteiger partial charge is 0.317 e. The van der Waals surface area contributed by atoms with Crippen molar-refractivity contribution in [3.05, 3.63) is 95.6 Å². The number of piperazine rings is 1. The van der Waals surface area contributed by atoms with Crippen LogP contribution in [0.5, 0.6) is 11.5 Å². The quantitative estimate of drug-likeness (QED) is 0.589. The van der Waals surface area contributed by atoms with E-state index in [-0.39, 0.29) is 12.1 Å². The minimum absolute atomic E-state index is 0.0413. The number of ether oxygens (including phenoxy) is 2. The molecule has 0 radical (unpaired) electrons. The summed E-state index contributed by atoms with van der Waals surface area (Å²) in [7, 11) is 3.22. The van der Waals surface area contributed by atoms with Gasteiger partial charge in [0.05, 0.1) is 20.3 Å². The lowest BCUT2D eigenvalue weighted by molar-refractivity contribution is 0.120. The minimum Gasteiger partial charge on any atom is -0.493 e. The monoisotopic (exact) mass is 445 g/mol. The van der Waals surface area contributed by atoms with E-state index in [4.69, 9.17) is 9.47 Å². The highest BCUT2D eigenvalue weighted by Gasteiger charge is 2.28. The van der Waals surface area contributed by atoms with Crippen LogP contribution in [-0.4, -0.2) is 56.2 Å². The number of hydrogen-bond donors (Lipinski definition) is 1. The summed E-state index contributed by atoms with van der Waals surface area (Å²) in [6.45, 7) is 3.45. The second kappa shape index (κ2) is 10.9. The molecule has 1 aliphatic rings. The highest BCUT2D eigenvalue weighted by Crippen LogP contribution is 2.30. The van der Waals surface area contributed by atoms with Crippen LogP contribution in [0.1, 0.15) is 22.7 Å². The number of rotatable bonds is 7. The zero-order valence-electron chi connectivity index (χ0n) is 19.2. The molecule has 1 saturated heterocycles. The fraction of sp³-hybridized carbons (Fsp3) is 0.296. The summed E-state index contributed by atoms with van der Waals surface area (Å²) in [6, 6.07) is 27.0. The number of hydrogen-bond acceptors (Lipinski definition) is 4. The van der Waals surface area contributed by atoms with Gasteiger partial charge in [-0.05, 0) is 28.8 Å². The molecule has 4 rings (SSSR count). The summed E-state index contributed by atoms with van der Waals surface area (Å²) >= 11 is 0. The lowest BCUT2D eigenvalue weighted by atomic mass is 9.96. The Bertz CT molecular complexity index is 995. The van der Waals surface area contributed by atoms with Crippen LogP contribution in [0.4, 0.5) is 4.79 Å². The van der Waals surface area contributed by atoms with Crippen LogP contribution in [0, 0.1) is 0 Å². The molecule has 3 aromatic carbocycles. The molecule has 1 heterocycles. The van der Waals surface area contributed by atoms with Crippen LogP contribution in [0.15, 0.2) is 78.9 Å². The van der Waals surface area contributed by atoms with Crippen molar-refractivity contribution in [2.75, 3.05) is 40.4 Å². The van der Waals surface area contributed by atoms with Gasteiger partial charge in [0.1, 0.15) is 0 Å². The van der Waals surface area contributed by atoms with Crippen molar-refractivity contribution < 1.29 is 14.3 Å². The van der Waals surface area contributed by atoms with E-state index in [1.54, 1.807) is 14.2 Å². The second-order valence-electron chi connectivity index (χ2n) is 8.09. The van der Waals surface area contributed by atoms with E-state index in [1.807, 2.05) is 35.2 Å². The Balaban J connectivity index is 1.37. The Hall–Kier alpha value is -3.51.